The number of benzene rings is 2. The van der Waals surface area contributed by atoms with E-state index in [9.17, 15) is 13.2 Å². The van der Waals surface area contributed by atoms with Crippen LogP contribution in [0.25, 0.3) is 0 Å². The lowest BCUT2D eigenvalue weighted by Crippen LogP contribution is -2.14. The van der Waals surface area contributed by atoms with Gasteiger partial charge in [0.25, 0.3) is 15.9 Å². The molecule has 3 aromatic rings. The lowest BCUT2D eigenvalue weighted by molar-refractivity contribution is 0.102. The molecule has 1 heterocycles. The molecule has 0 aliphatic heterocycles. The minimum atomic E-state index is -3.71. The molecule has 0 aliphatic carbocycles. The summed E-state index contributed by atoms with van der Waals surface area (Å²) >= 11 is 0. The van der Waals surface area contributed by atoms with E-state index in [-0.39, 0.29) is 10.8 Å². The SMILES string of the molecule is Cc1ccc(S(=O)(=O)Nc2cccc(NC(=O)c3cnoc3C)c2)cc1. The van der Waals surface area contributed by atoms with E-state index < -0.39 is 10.0 Å². The third kappa shape index (κ3) is 3.92. The number of hydrogen-bond donors (Lipinski definition) is 2. The Balaban J connectivity index is 1.78. The highest BCUT2D eigenvalue weighted by Gasteiger charge is 2.15. The lowest BCUT2D eigenvalue weighted by Gasteiger charge is -2.10. The van der Waals surface area contributed by atoms with Crippen LogP contribution in [0.5, 0.6) is 0 Å². The molecule has 1 amide bonds. The predicted octanol–water partition coefficient (Wildman–Crippen LogP) is 3.34. The Bertz CT molecular complexity index is 1040. The Kier molecular flexibility index (Phi) is 4.77. The monoisotopic (exact) mass is 371 g/mol. The molecule has 0 unspecified atom stereocenters. The van der Waals surface area contributed by atoms with Gasteiger partial charge in [-0.15, -0.1) is 0 Å². The van der Waals surface area contributed by atoms with Gasteiger partial charge in [-0.2, -0.15) is 0 Å². The molecule has 2 N–H and O–H groups in total. The van der Waals surface area contributed by atoms with Crippen LogP contribution >= 0.6 is 0 Å². The van der Waals surface area contributed by atoms with E-state index in [2.05, 4.69) is 15.2 Å². The number of rotatable bonds is 5. The van der Waals surface area contributed by atoms with Crippen molar-refractivity contribution in [3.8, 4) is 0 Å². The third-order valence-corrected chi connectivity index (χ3v) is 5.10. The van der Waals surface area contributed by atoms with Crippen LogP contribution in [0.15, 0.2) is 64.1 Å². The molecule has 3 rings (SSSR count). The fourth-order valence-electron chi connectivity index (χ4n) is 2.31. The molecule has 0 aliphatic rings. The summed E-state index contributed by atoms with van der Waals surface area (Å²) in [6, 6.07) is 13.0. The van der Waals surface area contributed by atoms with Crippen molar-refractivity contribution < 1.29 is 17.7 Å². The molecule has 134 valence electrons. The molecule has 0 saturated carbocycles. The first kappa shape index (κ1) is 17.7. The Morgan fingerprint density at radius 1 is 1.04 bits per heavy atom. The summed E-state index contributed by atoms with van der Waals surface area (Å²) in [7, 11) is -3.71. The summed E-state index contributed by atoms with van der Waals surface area (Å²) in [6.07, 6.45) is 1.33. The van der Waals surface area contributed by atoms with Crippen molar-refractivity contribution in [3.05, 3.63) is 71.6 Å². The van der Waals surface area contributed by atoms with Crippen LogP contribution in [0.3, 0.4) is 0 Å². The number of anilines is 2. The van der Waals surface area contributed by atoms with Crippen molar-refractivity contribution in [2.75, 3.05) is 10.0 Å². The van der Waals surface area contributed by atoms with Crippen LogP contribution in [0, 0.1) is 13.8 Å². The third-order valence-electron chi connectivity index (χ3n) is 3.70. The molecule has 0 atom stereocenters. The molecule has 7 nitrogen and oxygen atoms in total. The van der Waals surface area contributed by atoms with Gasteiger partial charge in [0.05, 0.1) is 16.8 Å². The van der Waals surface area contributed by atoms with Gasteiger partial charge in [-0.1, -0.05) is 28.9 Å². The zero-order valence-corrected chi connectivity index (χ0v) is 15.0. The second kappa shape index (κ2) is 7.01. The second-order valence-electron chi connectivity index (χ2n) is 5.75. The molecule has 0 saturated heterocycles. The average Bonchev–Trinajstić information content (AvgIpc) is 3.01. The van der Waals surface area contributed by atoms with E-state index in [0.717, 1.165) is 5.56 Å². The highest BCUT2D eigenvalue weighted by atomic mass is 32.2. The van der Waals surface area contributed by atoms with Crippen molar-refractivity contribution in [2.45, 2.75) is 18.7 Å². The van der Waals surface area contributed by atoms with Crippen LogP contribution in [0.4, 0.5) is 11.4 Å². The molecular formula is C18H17N3O4S. The Labute approximate surface area is 151 Å². The number of nitrogens with zero attached hydrogens (tertiary/aromatic N) is 1. The van der Waals surface area contributed by atoms with Crippen LogP contribution in [0.1, 0.15) is 21.7 Å². The van der Waals surface area contributed by atoms with Crippen molar-refractivity contribution >= 4 is 27.3 Å². The Morgan fingerprint density at radius 3 is 2.38 bits per heavy atom. The highest BCUT2D eigenvalue weighted by Crippen LogP contribution is 2.20. The van der Waals surface area contributed by atoms with Crippen LogP contribution in [-0.4, -0.2) is 19.5 Å². The summed E-state index contributed by atoms with van der Waals surface area (Å²) in [5, 5.41) is 6.25. The summed E-state index contributed by atoms with van der Waals surface area (Å²) in [4.78, 5) is 12.4. The number of nitrogens with one attached hydrogen (secondary N) is 2. The molecule has 0 spiro atoms. The van der Waals surface area contributed by atoms with Crippen molar-refractivity contribution in [3.63, 3.8) is 0 Å². The van der Waals surface area contributed by atoms with E-state index in [1.54, 1.807) is 37.3 Å². The van der Waals surface area contributed by atoms with Crippen molar-refractivity contribution in [1.29, 1.82) is 0 Å². The van der Waals surface area contributed by atoms with Crippen LogP contribution < -0.4 is 10.0 Å². The van der Waals surface area contributed by atoms with Gasteiger partial charge in [0.2, 0.25) is 0 Å². The minimum absolute atomic E-state index is 0.164. The molecule has 0 fully saturated rings. The molecule has 0 bridgehead atoms. The summed E-state index contributed by atoms with van der Waals surface area (Å²) in [5.74, 6) is 0.0148. The van der Waals surface area contributed by atoms with E-state index >= 15 is 0 Å². The topological polar surface area (TPSA) is 101 Å². The number of aryl methyl sites for hydroxylation is 2. The van der Waals surface area contributed by atoms with Gasteiger partial charge in [0.1, 0.15) is 11.3 Å². The largest absolute Gasteiger partial charge is 0.361 e. The first-order valence-electron chi connectivity index (χ1n) is 7.77. The van der Waals surface area contributed by atoms with Gasteiger partial charge in [-0.25, -0.2) is 8.42 Å². The van der Waals surface area contributed by atoms with Gasteiger partial charge in [-0.3, -0.25) is 9.52 Å². The van der Waals surface area contributed by atoms with Crippen molar-refractivity contribution in [1.82, 2.24) is 5.16 Å². The van der Waals surface area contributed by atoms with Gasteiger partial charge >= 0.3 is 0 Å². The molecule has 1 aromatic heterocycles. The van der Waals surface area contributed by atoms with Gasteiger partial charge < -0.3 is 9.84 Å². The van der Waals surface area contributed by atoms with Crippen LogP contribution in [0.2, 0.25) is 0 Å². The van der Waals surface area contributed by atoms with Gasteiger partial charge in [-0.05, 0) is 44.2 Å². The van der Waals surface area contributed by atoms with E-state index in [1.165, 1.54) is 24.4 Å². The summed E-state index contributed by atoms with van der Waals surface area (Å²) < 4.78 is 32.3. The van der Waals surface area contributed by atoms with E-state index in [4.69, 9.17) is 4.52 Å². The maximum absolute atomic E-state index is 12.5. The smallest absolute Gasteiger partial charge is 0.261 e. The number of carbonyl (C=O) groups is 1. The zero-order valence-electron chi connectivity index (χ0n) is 14.2. The number of amides is 1. The maximum Gasteiger partial charge on any atom is 0.261 e. The highest BCUT2D eigenvalue weighted by molar-refractivity contribution is 7.92. The molecular weight excluding hydrogens is 354 g/mol. The fraction of sp³-hybridized carbons (Fsp3) is 0.111. The number of hydrogen-bond acceptors (Lipinski definition) is 5. The lowest BCUT2D eigenvalue weighted by atomic mass is 10.2. The number of aromatic nitrogens is 1. The van der Waals surface area contributed by atoms with Crippen molar-refractivity contribution in [2.24, 2.45) is 0 Å². The number of carbonyl (C=O) groups excluding carboxylic acids is 1. The van der Waals surface area contributed by atoms with E-state index in [1.807, 2.05) is 6.92 Å². The standard InChI is InChI=1S/C18H17N3O4S/c1-12-6-8-16(9-7-12)26(23,24)21-15-5-3-4-14(10-15)20-18(22)17-11-19-25-13(17)2/h3-11,21H,1-2H3,(H,20,22). The van der Waals surface area contributed by atoms with Gasteiger partial charge in [0.15, 0.2) is 0 Å². The first-order valence-corrected chi connectivity index (χ1v) is 9.26. The summed E-state index contributed by atoms with van der Waals surface area (Å²) in [5.41, 5.74) is 2.07. The molecule has 8 heteroatoms. The Morgan fingerprint density at radius 2 is 1.73 bits per heavy atom. The quantitative estimate of drug-likeness (QED) is 0.716. The fourth-order valence-corrected chi connectivity index (χ4v) is 3.36. The Hall–Kier alpha value is -3.13. The molecule has 26 heavy (non-hydrogen) atoms. The average molecular weight is 371 g/mol. The first-order chi connectivity index (χ1) is 12.3. The number of sulfonamides is 1. The second-order valence-corrected chi connectivity index (χ2v) is 7.43. The van der Waals surface area contributed by atoms with Gasteiger partial charge in [0, 0.05) is 5.69 Å². The predicted molar refractivity (Wildman–Crippen MR) is 97.6 cm³/mol. The normalized spacial score (nSPS) is 11.2. The minimum Gasteiger partial charge on any atom is -0.361 e. The summed E-state index contributed by atoms with van der Waals surface area (Å²) in [6.45, 7) is 3.52. The maximum atomic E-state index is 12.5. The molecule has 2 aromatic carbocycles. The molecule has 0 radical (unpaired) electrons. The zero-order chi connectivity index (χ0) is 18.7. The van der Waals surface area contributed by atoms with Crippen LogP contribution in [-0.2, 0) is 10.0 Å². The van der Waals surface area contributed by atoms with E-state index in [0.29, 0.717) is 22.7 Å².